The molecule has 20 heavy (non-hydrogen) atoms. The third kappa shape index (κ3) is 3.24. The molecule has 2 aromatic rings. The fourth-order valence-corrected chi connectivity index (χ4v) is 2.81. The number of nitrogens with zero attached hydrogens (tertiary/aromatic N) is 2. The summed E-state index contributed by atoms with van der Waals surface area (Å²) in [5.41, 5.74) is 8.74. The van der Waals surface area contributed by atoms with E-state index in [1.165, 1.54) is 0 Å². The fourth-order valence-electron chi connectivity index (χ4n) is 2.00. The third-order valence-corrected chi connectivity index (χ3v) is 4.58. The van der Waals surface area contributed by atoms with Crippen LogP contribution in [-0.4, -0.2) is 9.78 Å². The molecule has 0 atom stereocenters. The van der Waals surface area contributed by atoms with Crippen molar-refractivity contribution in [1.29, 1.82) is 0 Å². The highest BCUT2D eigenvalue weighted by atomic mass is 79.9. The molecular weight excluding hydrogens is 386 g/mol. The minimum Gasteiger partial charge on any atom is -0.487 e. The number of aromatic nitrogens is 2. The second-order valence-electron chi connectivity index (χ2n) is 4.41. The Bertz CT molecular complexity index is 611. The molecule has 6 heteroatoms. The highest BCUT2D eigenvalue weighted by Gasteiger charge is 2.13. The van der Waals surface area contributed by atoms with Crippen LogP contribution in [0.2, 0.25) is 0 Å². The molecule has 0 bridgehead atoms. The quantitative estimate of drug-likeness (QED) is 0.827. The molecule has 0 aliphatic heterocycles. The minimum atomic E-state index is 0.446. The van der Waals surface area contributed by atoms with Crippen molar-refractivity contribution in [2.45, 2.75) is 33.5 Å². The molecule has 0 aliphatic carbocycles. The Hall–Kier alpha value is -0.850. The monoisotopic (exact) mass is 401 g/mol. The molecule has 0 unspecified atom stereocenters. The van der Waals surface area contributed by atoms with Gasteiger partial charge in [-0.05, 0) is 48.0 Å². The lowest BCUT2D eigenvalue weighted by atomic mass is 10.2. The van der Waals surface area contributed by atoms with Crippen molar-refractivity contribution in [1.82, 2.24) is 9.78 Å². The molecule has 0 radical (unpaired) electrons. The SMILES string of the molecule is CCn1nc(C)c(Br)c1COc1ccc(Br)cc1CN. The van der Waals surface area contributed by atoms with Crippen LogP contribution in [0.4, 0.5) is 0 Å². The van der Waals surface area contributed by atoms with Gasteiger partial charge in [0.15, 0.2) is 0 Å². The number of hydrogen-bond acceptors (Lipinski definition) is 3. The van der Waals surface area contributed by atoms with E-state index >= 15 is 0 Å². The molecule has 0 saturated heterocycles. The molecule has 4 nitrogen and oxygen atoms in total. The summed E-state index contributed by atoms with van der Waals surface area (Å²) in [6, 6.07) is 5.86. The molecule has 0 aliphatic rings. The van der Waals surface area contributed by atoms with E-state index in [1.807, 2.05) is 29.8 Å². The predicted octanol–water partition coefficient (Wildman–Crippen LogP) is 3.77. The molecular formula is C14H17Br2N3O. The lowest BCUT2D eigenvalue weighted by Crippen LogP contribution is -2.08. The number of halogens is 2. The van der Waals surface area contributed by atoms with Crippen molar-refractivity contribution in [2.75, 3.05) is 0 Å². The van der Waals surface area contributed by atoms with E-state index in [2.05, 4.69) is 43.9 Å². The van der Waals surface area contributed by atoms with Crippen LogP contribution in [-0.2, 0) is 19.7 Å². The fraction of sp³-hybridized carbons (Fsp3) is 0.357. The molecule has 0 saturated carbocycles. The number of benzene rings is 1. The highest BCUT2D eigenvalue weighted by molar-refractivity contribution is 9.10. The molecule has 2 N–H and O–H groups in total. The van der Waals surface area contributed by atoms with Gasteiger partial charge < -0.3 is 10.5 Å². The van der Waals surface area contributed by atoms with Gasteiger partial charge in [-0.2, -0.15) is 5.10 Å². The van der Waals surface area contributed by atoms with Crippen LogP contribution in [0.15, 0.2) is 27.1 Å². The Morgan fingerprint density at radius 2 is 2.10 bits per heavy atom. The first-order chi connectivity index (χ1) is 9.56. The van der Waals surface area contributed by atoms with Crippen molar-refractivity contribution < 1.29 is 4.74 Å². The van der Waals surface area contributed by atoms with Gasteiger partial charge >= 0.3 is 0 Å². The normalized spacial score (nSPS) is 10.8. The van der Waals surface area contributed by atoms with E-state index in [1.54, 1.807) is 0 Å². The molecule has 0 spiro atoms. The number of ether oxygens (including phenoxy) is 1. The van der Waals surface area contributed by atoms with Gasteiger partial charge in [-0.1, -0.05) is 15.9 Å². The zero-order valence-corrected chi connectivity index (χ0v) is 14.7. The lowest BCUT2D eigenvalue weighted by Gasteiger charge is -2.12. The van der Waals surface area contributed by atoms with E-state index in [-0.39, 0.29) is 0 Å². The lowest BCUT2D eigenvalue weighted by molar-refractivity contribution is 0.288. The summed E-state index contributed by atoms with van der Waals surface area (Å²) in [4.78, 5) is 0. The van der Waals surface area contributed by atoms with Gasteiger partial charge in [-0.15, -0.1) is 0 Å². The average Bonchev–Trinajstić information content (AvgIpc) is 2.72. The summed E-state index contributed by atoms with van der Waals surface area (Å²) in [5, 5.41) is 4.46. The summed E-state index contributed by atoms with van der Waals surface area (Å²) in [5.74, 6) is 0.809. The number of rotatable bonds is 5. The highest BCUT2D eigenvalue weighted by Crippen LogP contribution is 2.26. The number of nitrogens with two attached hydrogens (primary N) is 1. The van der Waals surface area contributed by atoms with Gasteiger partial charge in [0.05, 0.1) is 15.9 Å². The van der Waals surface area contributed by atoms with E-state index in [0.29, 0.717) is 13.2 Å². The number of hydrogen-bond donors (Lipinski definition) is 1. The van der Waals surface area contributed by atoms with Gasteiger partial charge in [-0.25, -0.2) is 0 Å². The van der Waals surface area contributed by atoms with E-state index in [9.17, 15) is 0 Å². The van der Waals surface area contributed by atoms with Crippen LogP contribution < -0.4 is 10.5 Å². The summed E-state index contributed by atoms with van der Waals surface area (Å²) >= 11 is 7.01. The predicted molar refractivity (Wildman–Crippen MR) is 86.7 cm³/mol. The first-order valence-electron chi connectivity index (χ1n) is 6.39. The van der Waals surface area contributed by atoms with Gasteiger partial charge in [0.1, 0.15) is 12.4 Å². The minimum absolute atomic E-state index is 0.446. The first kappa shape index (κ1) is 15.5. The molecule has 0 fully saturated rings. The molecule has 2 rings (SSSR count). The molecule has 1 heterocycles. The van der Waals surface area contributed by atoms with Crippen molar-refractivity contribution in [3.05, 3.63) is 44.1 Å². The maximum atomic E-state index is 5.91. The van der Waals surface area contributed by atoms with Crippen molar-refractivity contribution in [3.63, 3.8) is 0 Å². The van der Waals surface area contributed by atoms with Gasteiger partial charge in [-0.3, -0.25) is 4.68 Å². The van der Waals surface area contributed by atoms with Crippen LogP contribution >= 0.6 is 31.9 Å². The van der Waals surface area contributed by atoms with Crippen LogP contribution in [0.5, 0.6) is 5.75 Å². The first-order valence-corrected chi connectivity index (χ1v) is 7.98. The van der Waals surface area contributed by atoms with Crippen molar-refractivity contribution >= 4 is 31.9 Å². The smallest absolute Gasteiger partial charge is 0.131 e. The Kier molecular flexibility index (Phi) is 5.23. The molecule has 1 aromatic heterocycles. The maximum absolute atomic E-state index is 5.91. The Morgan fingerprint density at radius 3 is 2.75 bits per heavy atom. The second kappa shape index (κ2) is 6.74. The molecule has 0 amide bonds. The zero-order chi connectivity index (χ0) is 14.7. The Balaban J connectivity index is 2.21. The summed E-state index contributed by atoms with van der Waals surface area (Å²) in [6.07, 6.45) is 0. The van der Waals surface area contributed by atoms with Crippen LogP contribution in [0.1, 0.15) is 23.9 Å². The van der Waals surface area contributed by atoms with Gasteiger partial charge in [0, 0.05) is 23.1 Å². The summed E-state index contributed by atoms with van der Waals surface area (Å²) < 4.78 is 9.87. The molecule has 1 aromatic carbocycles. The molecule has 108 valence electrons. The summed E-state index contributed by atoms with van der Waals surface area (Å²) in [7, 11) is 0. The second-order valence-corrected chi connectivity index (χ2v) is 6.12. The zero-order valence-electron chi connectivity index (χ0n) is 11.5. The standard InChI is InChI=1S/C14H17Br2N3O/c1-3-19-12(14(16)9(2)18-19)8-20-13-5-4-11(15)6-10(13)7-17/h4-6H,3,7-8,17H2,1-2H3. The third-order valence-electron chi connectivity index (χ3n) is 3.06. The van der Waals surface area contributed by atoms with E-state index in [4.69, 9.17) is 10.5 Å². The average molecular weight is 403 g/mol. The maximum Gasteiger partial charge on any atom is 0.131 e. The van der Waals surface area contributed by atoms with E-state index in [0.717, 1.165) is 38.2 Å². The van der Waals surface area contributed by atoms with Crippen LogP contribution in [0.3, 0.4) is 0 Å². The number of aryl methyl sites for hydroxylation is 2. The van der Waals surface area contributed by atoms with Crippen LogP contribution in [0, 0.1) is 6.92 Å². The largest absolute Gasteiger partial charge is 0.487 e. The Labute approximate surface area is 135 Å². The van der Waals surface area contributed by atoms with E-state index < -0.39 is 0 Å². The van der Waals surface area contributed by atoms with Crippen molar-refractivity contribution in [3.8, 4) is 5.75 Å². The van der Waals surface area contributed by atoms with Gasteiger partial charge in [0.2, 0.25) is 0 Å². The topological polar surface area (TPSA) is 53.1 Å². The Morgan fingerprint density at radius 1 is 1.35 bits per heavy atom. The van der Waals surface area contributed by atoms with Crippen molar-refractivity contribution in [2.24, 2.45) is 5.73 Å². The summed E-state index contributed by atoms with van der Waals surface area (Å²) in [6.45, 7) is 5.76. The van der Waals surface area contributed by atoms with Crippen LogP contribution in [0.25, 0.3) is 0 Å². The van der Waals surface area contributed by atoms with Gasteiger partial charge in [0.25, 0.3) is 0 Å².